The van der Waals surface area contributed by atoms with Crippen molar-refractivity contribution in [3.05, 3.63) is 48.0 Å². The Kier molecular flexibility index (Phi) is 6.99. The predicted octanol–water partition coefficient (Wildman–Crippen LogP) is 1.89. The Balaban J connectivity index is 1.77. The second-order valence-electron chi connectivity index (χ2n) is 7.37. The number of rotatable bonds is 8. The number of sulfone groups is 1. The number of nitrogens with one attached hydrogen (secondary N) is 1. The number of nitrogens with zero attached hydrogens (tertiary/aromatic N) is 1. The lowest BCUT2D eigenvalue weighted by Gasteiger charge is -2.26. The van der Waals surface area contributed by atoms with Gasteiger partial charge in [0, 0.05) is 12.3 Å². The van der Waals surface area contributed by atoms with Gasteiger partial charge in [0.25, 0.3) is 0 Å². The molecule has 32 heavy (non-hydrogen) atoms. The third-order valence-corrected chi connectivity index (χ3v) is 7.86. The van der Waals surface area contributed by atoms with E-state index in [0.717, 1.165) is 10.6 Å². The Labute approximate surface area is 188 Å². The minimum Gasteiger partial charge on any atom is -0.486 e. The third kappa shape index (κ3) is 5.52. The van der Waals surface area contributed by atoms with Gasteiger partial charge in [0.1, 0.15) is 19.8 Å². The molecule has 0 bridgehead atoms. The number of benzene rings is 2. The van der Waals surface area contributed by atoms with Gasteiger partial charge in [-0.3, -0.25) is 9.10 Å². The third-order valence-electron chi connectivity index (χ3n) is 4.99. The van der Waals surface area contributed by atoms with Crippen LogP contribution in [0.2, 0.25) is 0 Å². The van der Waals surface area contributed by atoms with Crippen LogP contribution in [0.25, 0.3) is 0 Å². The second-order valence-corrected chi connectivity index (χ2v) is 11.6. The van der Waals surface area contributed by atoms with Gasteiger partial charge in [0.05, 0.1) is 22.4 Å². The number of anilines is 1. The number of carbonyl (C=O) groups excluding carboxylic acids is 1. The SMILES string of the molecule is CCS(=O)(=O)N(CC(=O)N[C@@H](C)c1ccc(S(C)(=O)=O)cc1)c1ccc2c(c1)OCCO2. The largest absolute Gasteiger partial charge is 0.486 e. The summed E-state index contributed by atoms with van der Waals surface area (Å²) in [5, 5.41) is 2.76. The van der Waals surface area contributed by atoms with E-state index in [1.807, 2.05) is 0 Å². The molecule has 1 amide bonds. The van der Waals surface area contributed by atoms with E-state index in [1.54, 1.807) is 37.3 Å². The minimum atomic E-state index is -3.75. The Morgan fingerprint density at radius 1 is 1.03 bits per heavy atom. The summed E-state index contributed by atoms with van der Waals surface area (Å²) in [7, 11) is -7.07. The Hall–Kier alpha value is -2.79. The monoisotopic (exact) mass is 482 g/mol. The highest BCUT2D eigenvalue weighted by Gasteiger charge is 2.26. The topological polar surface area (TPSA) is 119 Å². The Morgan fingerprint density at radius 3 is 2.25 bits per heavy atom. The van der Waals surface area contributed by atoms with Crippen LogP contribution < -0.4 is 19.1 Å². The summed E-state index contributed by atoms with van der Waals surface area (Å²) in [4.78, 5) is 12.9. The highest BCUT2D eigenvalue weighted by Crippen LogP contribution is 2.34. The van der Waals surface area contributed by atoms with E-state index in [1.165, 1.54) is 19.1 Å². The number of ether oxygens (including phenoxy) is 2. The summed E-state index contributed by atoms with van der Waals surface area (Å²) in [6.45, 7) is 3.59. The lowest BCUT2D eigenvalue weighted by Crippen LogP contribution is -2.42. The fraction of sp³-hybridized carbons (Fsp3) is 0.381. The van der Waals surface area contributed by atoms with Crippen LogP contribution in [0.1, 0.15) is 25.5 Å². The summed E-state index contributed by atoms with van der Waals surface area (Å²) in [5.74, 6) is 0.253. The fourth-order valence-electron chi connectivity index (χ4n) is 3.20. The molecule has 174 valence electrons. The quantitative estimate of drug-likeness (QED) is 0.610. The molecule has 0 saturated heterocycles. The molecule has 0 fully saturated rings. The molecule has 1 atom stereocenters. The molecule has 1 N–H and O–H groups in total. The van der Waals surface area contributed by atoms with Crippen LogP contribution in [0.15, 0.2) is 47.4 Å². The van der Waals surface area contributed by atoms with E-state index in [2.05, 4.69) is 5.32 Å². The van der Waals surface area contributed by atoms with Crippen LogP contribution in [0.4, 0.5) is 5.69 Å². The van der Waals surface area contributed by atoms with Gasteiger partial charge in [-0.05, 0) is 43.7 Å². The zero-order chi connectivity index (χ0) is 23.5. The molecular formula is C21H26N2O7S2. The minimum absolute atomic E-state index is 0.179. The van der Waals surface area contributed by atoms with E-state index in [9.17, 15) is 21.6 Å². The van der Waals surface area contributed by atoms with Gasteiger partial charge in [-0.25, -0.2) is 16.8 Å². The van der Waals surface area contributed by atoms with E-state index in [4.69, 9.17) is 9.47 Å². The summed E-state index contributed by atoms with van der Waals surface area (Å²) in [5.41, 5.74) is 0.992. The molecular weight excluding hydrogens is 456 g/mol. The smallest absolute Gasteiger partial charge is 0.241 e. The summed E-state index contributed by atoms with van der Waals surface area (Å²) in [6.07, 6.45) is 1.12. The van der Waals surface area contributed by atoms with E-state index in [-0.39, 0.29) is 10.6 Å². The molecule has 11 heteroatoms. The molecule has 0 unspecified atom stereocenters. The lowest BCUT2D eigenvalue weighted by molar-refractivity contribution is -0.120. The Bertz CT molecular complexity index is 1190. The van der Waals surface area contributed by atoms with Crippen LogP contribution in [-0.4, -0.2) is 54.5 Å². The first-order chi connectivity index (χ1) is 15.0. The molecule has 3 rings (SSSR count). The number of carbonyl (C=O) groups is 1. The van der Waals surface area contributed by atoms with Gasteiger partial charge in [0.15, 0.2) is 21.3 Å². The van der Waals surface area contributed by atoms with Crippen LogP contribution >= 0.6 is 0 Å². The van der Waals surface area contributed by atoms with Crippen LogP contribution in [0.5, 0.6) is 11.5 Å². The molecule has 0 aliphatic carbocycles. The maximum Gasteiger partial charge on any atom is 0.241 e. The van der Waals surface area contributed by atoms with Gasteiger partial charge in [-0.2, -0.15) is 0 Å². The maximum atomic E-state index is 12.7. The number of amides is 1. The van der Waals surface area contributed by atoms with Gasteiger partial charge >= 0.3 is 0 Å². The highest BCUT2D eigenvalue weighted by molar-refractivity contribution is 7.92. The fourth-order valence-corrected chi connectivity index (χ4v) is 4.89. The standard InChI is InChI=1S/C21H26N2O7S2/c1-4-32(27,28)23(17-7-10-19-20(13-17)30-12-11-29-19)14-21(24)22-15(2)16-5-8-18(9-6-16)31(3,25)26/h5-10,13,15H,4,11-12,14H2,1-3H3,(H,22,24)/t15-/m0/s1. The van der Waals surface area contributed by atoms with Crippen molar-refractivity contribution in [3.63, 3.8) is 0 Å². The molecule has 0 saturated carbocycles. The summed E-state index contributed by atoms with van der Waals surface area (Å²) in [6, 6.07) is 10.4. The number of sulfonamides is 1. The van der Waals surface area contributed by atoms with E-state index in [0.29, 0.717) is 36.0 Å². The number of hydrogen-bond donors (Lipinski definition) is 1. The summed E-state index contributed by atoms with van der Waals surface area (Å²) < 4.78 is 60.7. The molecule has 9 nitrogen and oxygen atoms in total. The second kappa shape index (κ2) is 9.37. The normalized spacial score (nSPS) is 14.5. The molecule has 1 aliphatic heterocycles. The first kappa shape index (κ1) is 23.9. The van der Waals surface area contributed by atoms with Crippen LogP contribution in [0, 0.1) is 0 Å². The molecule has 2 aromatic carbocycles. The zero-order valence-electron chi connectivity index (χ0n) is 18.1. The van der Waals surface area contributed by atoms with Crippen molar-refractivity contribution >= 4 is 31.5 Å². The highest BCUT2D eigenvalue weighted by atomic mass is 32.2. The van der Waals surface area contributed by atoms with Crippen LogP contribution in [0.3, 0.4) is 0 Å². The van der Waals surface area contributed by atoms with Gasteiger partial charge in [-0.15, -0.1) is 0 Å². The first-order valence-corrected chi connectivity index (χ1v) is 13.5. The predicted molar refractivity (Wildman–Crippen MR) is 120 cm³/mol. The first-order valence-electron chi connectivity index (χ1n) is 10.0. The van der Waals surface area contributed by atoms with Gasteiger partial charge in [-0.1, -0.05) is 12.1 Å². The number of hydrogen-bond acceptors (Lipinski definition) is 7. The van der Waals surface area contributed by atoms with Crippen molar-refractivity contribution in [2.75, 3.05) is 36.1 Å². The molecule has 0 radical (unpaired) electrons. The molecule has 1 aliphatic rings. The van der Waals surface area contributed by atoms with Crippen molar-refractivity contribution in [3.8, 4) is 11.5 Å². The van der Waals surface area contributed by atoms with Crippen molar-refractivity contribution in [1.29, 1.82) is 0 Å². The van der Waals surface area contributed by atoms with Crippen molar-refractivity contribution in [2.24, 2.45) is 0 Å². The van der Waals surface area contributed by atoms with Crippen molar-refractivity contribution in [1.82, 2.24) is 5.32 Å². The average molecular weight is 483 g/mol. The van der Waals surface area contributed by atoms with Gasteiger partial charge < -0.3 is 14.8 Å². The maximum absolute atomic E-state index is 12.7. The van der Waals surface area contributed by atoms with Crippen molar-refractivity contribution < 1.29 is 31.1 Å². The van der Waals surface area contributed by atoms with E-state index >= 15 is 0 Å². The zero-order valence-corrected chi connectivity index (χ0v) is 19.7. The van der Waals surface area contributed by atoms with Gasteiger partial charge in [0.2, 0.25) is 15.9 Å². The molecule has 2 aromatic rings. The molecule has 1 heterocycles. The van der Waals surface area contributed by atoms with Crippen molar-refractivity contribution in [2.45, 2.75) is 24.8 Å². The Morgan fingerprint density at radius 2 is 1.66 bits per heavy atom. The molecule has 0 aromatic heterocycles. The van der Waals surface area contributed by atoms with Crippen LogP contribution in [-0.2, 0) is 24.7 Å². The number of fused-ring (bicyclic) bond motifs is 1. The van der Waals surface area contributed by atoms with E-state index < -0.39 is 38.4 Å². The molecule has 0 spiro atoms. The summed E-state index contributed by atoms with van der Waals surface area (Å²) >= 11 is 0. The lowest BCUT2D eigenvalue weighted by atomic mass is 10.1. The average Bonchev–Trinajstić information content (AvgIpc) is 2.76.